The van der Waals surface area contributed by atoms with E-state index in [9.17, 15) is 18.4 Å². The third-order valence-electron chi connectivity index (χ3n) is 3.63. The van der Waals surface area contributed by atoms with Crippen LogP contribution in [0, 0.1) is 11.6 Å². The average molecular weight is 367 g/mol. The molecule has 130 valence electrons. The third kappa shape index (κ3) is 4.03. The quantitative estimate of drug-likeness (QED) is 0.873. The number of hydrogen-bond donors (Lipinski definition) is 2. The summed E-state index contributed by atoms with van der Waals surface area (Å²) < 4.78 is 26.4. The first-order valence-electron chi connectivity index (χ1n) is 7.33. The molecule has 6 nitrogen and oxygen atoms in total. The minimum atomic E-state index is -0.745. The Morgan fingerprint density at radius 2 is 2.16 bits per heavy atom. The van der Waals surface area contributed by atoms with Gasteiger partial charge in [0.05, 0.1) is 11.6 Å². The topological polar surface area (TPSA) is 74.3 Å². The summed E-state index contributed by atoms with van der Waals surface area (Å²) in [5, 5.41) is 5.49. The number of fused-ring (bicyclic) bond motifs is 1. The Morgan fingerprint density at radius 1 is 1.36 bits per heavy atom. The van der Waals surface area contributed by atoms with Gasteiger partial charge in [0.15, 0.2) is 0 Å². The van der Waals surface area contributed by atoms with Gasteiger partial charge in [-0.1, -0.05) is 17.7 Å². The number of nitrogens with one attached hydrogen (secondary N) is 2. The Labute approximate surface area is 146 Å². The summed E-state index contributed by atoms with van der Waals surface area (Å²) >= 11 is 5.87. The number of amides is 3. The Hall–Kier alpha value is -2.74. The molecule has 2 heterocycles. The number of nitrogens with zero attached hydrogens (tertiary/aromatic N) is 2. The first-order chi connectivity index (χ1) is 11.9. The van der Waals surface area contributed by atoms with Crippen LogP contribution in [0.1, 0.15) is 11.1 Å². The van der Waals surface area contributed by atoms with Crippen LogP contribution >= 0.6 is 11.6 Å². The van der Waals surface area contributed by atoms with Crippen molar-refractivity contribution in [2.24, 2.45) is 0 Å². The van der Waals surface area contributed by atoms with Crippen molar-refractivity contribution in [1.29, 1.82) is 0 Å². The van der Waals surface area contributed by atoms with Crippen molar-refractivity contribution in [2.45, 2.75) is 13.1 Å². The molecule has 1 aromatic carbocycles. The van der Waals surface area contributed by atoms with Gasteiger partial charge in [0.25, 0.3) is 0 Å². The molecular weight excluding hydrogens is 354 g/mol. The Morgan fingerprint density at radius 3 is 2.92 bits per heavy atom. The molecule has 0 unspecified atom stereocenters. The van der Waals surface area contributed by atoms with Crippen LogP contribution in [0.3, 0.4) is 0 Å². The number of hydrogen-bond acceptors (Lipinski definition) is 3. The summed E-state index contributed by atoms with van der Waals surface area (Å²) in [6, 6.07) is 4.29. The number of rotatable bonds is 4. The highest BCUT2D eigenvalue weighted by molar-refractivity contribution is 6.30. The maximum absolute atomic E-state index is 13.5. The van der Waals surface area contributed by atoms with Crippen LogP contribution in [0.5, 0.6) is 0 Å². The van der Waals surface area contributed by atoms with E-state index in [1.54, 1.807) is 6.07 Å². The lowest BCUT2D eigenvalue weighted by atomic mass is 10.2. The zero-order chi connectivity index (χ0) is 18.0. The Kier molecular flexibility index (Phi) is 4.80. The SMILES string of the molecule is O=C(CN1Cc2cc(Cl)cnc2NC1=O)NCc1ccc(F)cc1F. The monoisotopic (exact) mass is 366 g/mol. The molecule has 0 saturated carbocycles. The highest BCUT2D eigenvalue weighted by Crippen LogP contribution is 2.23. The molecule has 2 aromatic rings. The molecule has 0 fully saturated rings. The lowest BCUT2D eigenvalue weighted by Crippen LogP contribution is -2.44. The van der Waals surface area contributed by atoms with Gasteiger partial charge < -0.3 is 10.2 Å². The maximum atomic E-state index is 13.5. The number of carbonyl (C=O) groups excluding carboxylic acids is 2. The minimum Gasteiger partial charge on any atom is -0.350 e. The zero-order valence-electron chi connectivity index (χ0n) is 12.9. The molecule has 3 amide bonds. The fourth-order valence-electron chi connectivity index (χ4n) is 2.39. The lowest BCUT2D eigenvalue weighted by molar-refractivity contribution is -0.121. The first kappa shape index (κ1) is 17.1. The lowest BCUT2D eigenvalue weighted by Gasteiger charge is -2.28. The molecular formula is C16H13ClF2N4O2. The molecule has 0 saturated heterocycles. The van der Waals surface area contributed by atoms with E-state index in [0.29, 0.717) is 16.4 Å². The van der Waals surface area contributed by atoms with Crippen LogP contribution in [-0.2, 0) is 17.9 Å². The summed E-state index contributed by atoms with van der Waals surface area (Å²) in [5.74, 6) is -1.51. The number of benzene rings is 1. The van der Waals surface area contributed by atoms with Gasteiger partial charge in [-0.05, 0) is 12.1 Å². The fourth-order valence-corrected chi connectivity index (χ4v) is 2.57. The van der Waals surface area contributed by atoms with Crippen LogP contribution in [0.25, 0.3) is 0 Å². The Balaban J connectivity index is 1.60. The van der Waals surface area contributed by atoms with Gasteiger partial charge in [-0.15, -0.1) is 0 Å². The summed E-state index contributed by atoms with van der Waals surface area (Å²) in [7, 11) is 0. The highest BCUT2D eigenvalue weighted by atomic mass is 35.5. The van der Waals surface area contributed by atoms with Crippen LogP contribution in [0.2, 0.25) is 5.02 Å². The van der Waals surface area contributed by atoms with Gasteiger partial charge >= 0.3 is 6.03 Å². The second-order valence-electron chi connectivity index (χ2n) is 5.46. The molecule has 0 spiro atoms. The molecule has 0 aliphatic carbocycles. The zero-order valence-corrected chi connectivity index (χ0v) is 13.6. The fraction of sp³-hybridized carbons (Fsp3) is 0.188. The summed E-state index contributed by atoms with van der Waals surface area (Å²) in [6.45, 7) is -0.155. The van der Waals surface area contributed by atoms with E-state index in [2.05, 4.69) is 15.6 Å². The van der Waals surface area contributed by atoms with Crippen molar-refractivity contribution in [2.75, 3.05) is 11.9 Å². The molecule has 0 radical (unpaired) electrons. The predicted octanol–water partition coefficient (Wildman–Crippen LogP) is 2.68. The number of aromatic nitrogens is 1. The second kappa shape index (κ2) is 7.02. The summed E-state index contributed by atoms with van der Waals surface area (Å²) in [6.07, 6.45) is 1.42. The van der Waals surface area contributed by atoms with Crippen molar-refractivity contribution >= 4 is 29.4 Å². The Bertz CT molecular complexity index is 847. The number of anilines is 1. The van der Waals surface area contributed by atoms with E-state index in [1.807, 2.05) is 0 Å². The number of carbonyl (C=O) groups is 2. The molecule has 1 aromatic heterocycles. The molecule has 1 aliphatic heterocycles. The van der Waals surface area contributed by atoms with E-state index < -0.39 is 23.6 Å². The second-order valence-corrected chi connectivity index (χ2v) is 5.90. The van der Waals surface area contributed by atoms with Crippen molar-refractivity contribution in [3.63, 3.8) is 0 Å². The normalized spacial score (nSPS) is 13.2. The van der Waals surface area contributed by atoms with Crippen molar-refractivity contribution < 1.29 is 18.4 Å². The van der Waals surface area contributed by atoms with Crippen LogP contribution in [-0.4, -0.2) is 28.4 Å². The summed E-state index contributed by atoms with van der Waals surface area (Å²) in [5.41, 5.74) is 0.837. The van der Waals surface area contributed by atoms with Crippen LogP contribution in [0.15, 0.2) is 30.5 Å². The average Bonchev–Trinajstić information content (AvgIpc) is 2.55. The van der Waals surface area contributed by atoms with Gasteiger partial charge in [0.2, 0.25) is 5.91 Å². The van der Waals surface area contributed by atoms with Crippen molar-refractivity contribution in [1.82, 2.24) is 15.2 Å². The molecule has 3 rings (SSSR count). The summed E-state index contributed by atoms with van der Waals surface area (Å²) in [4.78, 5) is 29.3. The smallest absolute Gasteiger partial charge is 0.323 e. The number of halogens is 3. The van der Waals surface area contributed by atoms with Gasteiger partial charge in [-0.25, -0.2) is 18.6 Å². The van der Waals surface area contributed by atoms with Crippen molar-refractivity contribution in [3.8, 4) is 0 Å². The van der Waals surface area contributed by atoms with E-state index in [4.69, 9.17) is 11.6 Å². The minimum absolute atomic E-state index is 0.107. The molecule has 9 heteroatoms. The first-order valence-corrected chi connectivity index (χ1v) is 7.71. The number of pyridine rings is 1. The van der Waals surface area contributed by atoms with Crippen LogP contribution in [0.4, 0.5) is 19.4 Å². The highest BCUT2D eigenvalue weighted by Gasteiger charge is 2.25. The standard InChI is InChI=1S/C16H13ClF2N4O2/c17-11-3-10-7-23(16(25)22-15(10)21-6-11)8-14(24)20-5-9-1-2-12(18)4-13(9)19/h1-4,6H,5,7-8H2,(H,20,24)(H,21,22,25). The van der Waals surface area contributed by atoms with E-state index >= 15 is 0 Å². The molecule has 0 atom stereocenters. The van der Waals surface area contributed by atoms with E-state index in [1.165, 1.54) is 17.2 Å². The van der Waals surface area contributed by atoms with Gasteiger partial charge in [-0.3, -0.25) is 10.1 Å². The molecule has 0 bridgehead atoms. The third-order valence-corrected chi connectivity index (χ3v) is 3.84. The van der Waals surface area contributed by atoms with Gasteiger partial charge in [0.1, 0.15) is 24.0 Å². The van der Waals surface area contributed by atoms with Crippen LogP contribution < -0.4 is 10.6 Å². The maximum Gasteiger partial charge on any atom is 0.323 e. The number of urea groups is 1. The largest absolute Gasteiger partial charge is 0.350 e. The van der Waals surface area contributed by atoms with E-state index in [0.717, 1.165) is 12.1 Å². The molecule has 2 N–H and O–H groups in total. The molecule has 1 aliphatic rings. The molecule has 25 heavy (non-hydrogen) atoms. The van der Waals surface area contributed by atoms with Gasteiger partial charge in [-0.2, -0.15) is 0 Å². The van der Waals surface area contributed by atoms with Gasteiger partial charge in [0, 0.05) is 29.9 Å². The van der Waals surface area contributed by atoms with E-state index in [-0.39, 0.29) is 25.2 Å². The predicted molar refractivity (Wildman–Crippen MR) is 86.9 cm³/mol. The van der Waals surface area contributed by atoms with Crippen molar-refractivity contribution in [3.05, 3.63) is 58.2 Å².